The Kier molecular flexibility index (Phi) is 28.6. The molecule has 0 aliphatic rings. The Balaban J connectivity index is 3.26. The summed E-state index contributed by atoms with van der Waals surface area (Å²) in [5, 5.41) is -0.206. The van der Waals surface area contributed by atoms with E-state index >= 15 is 0 Å². The standard InChI is InChI=1S/C32H57ClO2/c1-2-3-4-5-6-7-8-10-13-16-19-22-25-28-31(34)29-26-23-20-17-14-11-9-12-15-18-21-24-27-30-32(33)35/h7-9,11H,2-6,10,12-30H2,1H3/b8-7-,11-9-. The number of carbonyl (C=O) groups excluding carboxylic acids is 2. The normalized spacial score (nSPS) is 11.7. The van der Waals surface area contributed by atoms with E-state index in [4.69, 9.17) is 11.6 Å². The van der Waals surface area contributed by atoms with Crippen molar-refractivity contribution in [1.29, 1.82) is 0 Å². The number of unbranched alkanes of at least 4 members (excludes halogenated alkanes) is 18. The molecule has 0 spiro atoms. The van der Waals surface area contributed by atoms with Gasteiger partial charge in [-0.05, 0) is 82.2 Å². The third kappa shape index (κ3) is 31.1. The smallest absolute Gasteiger partial charge is 0.221 e. The van der Waals surface area contributed by atoms with Crippen molar-refractivity contribution < 1.29 is 9.59 Å². The molecule has 204 valence electrons. The molecule has 0 aliphatic carbocycles. The first-order valence-corrected chi connectivity index (χ1v) is 15.5. The van der Waals surface area contributed by atoms with E-state index in [-0.39, 0.29) is 5.24 Å². The maximum Gasteiger partial charge on any atom is 0.221 e. The fraction of sp³-hybridized carbons (Fsp3) is 0.812. The Labute approximate surface area is 223 Å². The summed E-state index contributed by atoms with van der Waals surface area (Å²) in [6.45, 7) is 2.26. The van der Waals surface area contributed by atoms with Gasteiger partial charge in [0.25, 0.3) is 0 Å². The van der Waals surface area contributed by atoms with Crippen LogP contribution >= 0.6 is 11.6 Å². The molecule has 0 bridgehead atoms. The Morgan fingerprint density at radius 2 is 0.771 bits per heavy atom. The molecule has 0 fully saturated rings. The number of hydrogen-bond donors (Lipinski definition) is 0. The van der Waals surface area contributed by atoms with E-state index in [0.717, 1.165) is 38.5 Å². The molecular weight excluding hydrogens is 452 g/mol. The van der Waals surface area contributed by atoms with Crippen molar-refractivity contribution in [1.82, 2.24) is 0 Å². The first-order chi connectivity index (χ1) is 17.2. The number of Topliss-reactive ketones (excluding diaryl/α,β-unsaturated/α-hetero) is 1. The van der Waals surface area contributed by atoms with Crippen LogP contribution in [0.1, 0.15) is 167 Å². The lowest BCUT2D eigenvalue weighted by molar-refractivity contribution is -0.119. The topological polar surface area (TPSA) is 34.1 Å². The third-order valence-corrected chi connectivity index (χ3v) is 6.89. The highest BCUT2D eigenvalue weighted by Crippen LogP contribution is 2.13. The first-order valence-electron chi connectivity index (χ1n) is 15.2. The molecule has 0 aromatic heterocycles. The summed E-state index contributed by atoms with van der Waals surface area (Å²) in [5.41, 5.74) is 0. The van der Waals surface area contributed by atoms with Gasteiger partial charge in [0.15, 0.2) is 0 Å². The van der Waals surface area contributed by atoms with Crippen LogP contribution in [0.2, 0.25) is 0 Å². The van der Waals surface area contributed by atoms with Crippen molar-refractivity contribution in [3.8, 4) is 0 Å². The minimum Gasteiger partial charge on any atom is -0.300 e. The minimum absolute atomic E-state index is 0.206. The molecule has 0 N–H and O–H groups in total. The van der Waals surface area contributed by atoms with Crippen molar-refractivity contribution in [2.24, 2.45) is 0 Å². The monoisotopic (exact) mass is 508 g/mol. The highest BCUT2D eigenvalue weighted by atomic mass is 35.5. The van der Waals surface area contributed by atoms with Crippen LogP contribution < -0.4 is 0 Å². The number of rotatable bonds is 28. The number of hydrogen-bond acceptors (Lipinski definition) is 2. The molecule has 0 unspecified atom stereocenters. The van der Waals surface area contributed by atoms with Crippen LogP contribution in [-0.2, 0) is 9.59 Å². The van der Waals surface area contributed by atoms with Crippen molar-refractivity contribution in [3.63, 3.8) is 0 Å². The number of ketones is 1. The van der Waals surface area contributed by atoms with Gasteiger partial charge < -0.3 is 0 Å². The SMILES string of the molecule is CCCCCC/C=C\CCCCCCCC(=O)CCCCCC/C=C\CCCCCCCC(=O)Cl. The molecule has 0 amide bonds. The average molecular weight is 509 g/mol. The van der Waals surface area contributed by atoms with E-state index in [0.29, 0.717) is 12.2 Å². The molecule has 0 saturated carbocycles. The van der Waals surface area contributed by atoms with Gasteiger partial charge in [0.2, 0.25) is 5.24 Å². The Bertz CT molecular complexity index is 524. The van der Waals surface area contributed by atoms with Gasteiger partial charge in [-0.1, -0.05) is 102 Å². The molecule has 0 aliphatic heterocycles. The van der Waals surface area contributed by atoms with Gasteiger partial charge in [-0.25, -0.2) is 0 Å². The van der Waals surface area contributed by atoms with Crippen LogP contribution in [0.15, 0.2) is 24.3 Å². The van der Waals surface area contributed by atoms with E-state index < -0.39 is 0 Å². The Hall–Kier alpha value is -0.890. The van der Waals surface area contributed by atoms with Crippen LogP contribution in [0.3, 0.4) is 0 Å². The third-order valence-electron chi connectivity index (χ3n) is 6.70. The Morgan fingerprint density at radius 1 is 0.457 bits per heavy atom. The predicted octanol–water partition coefficient (Wildman–Crippen LogP) is 11.2. The van der Waals surface area contributed by atoms with Crippen LogP contribution in [0.5, 0.6) is 0 Å². The first kappa shape index (κ1) is 34.1. The summed E-state index contributed by atoms with van der Waals surface area (Å²) < 4.78 is 0. The Morgan fingerprint density at radius 3 is 1.14 bits per heavy atom. The number of allylic oxidation sites excluding steroid dienone is 4. The predicted molar refractivity (Wildman–Crippen MR) is 155 cm³/mol. The average Bonchev–Trinajstić information content (AvgIpc) is 2.84. The van der Waals surface area contributed by atoms with Crippen LogP contribution in [0.4, 0.5) is 0 Å². The van der Waals surface area contributed by atoms with E-state index in [2.05, 4.69) is 31.2 Å². The van der Waals surface area contributed by atoms with E-state index in [1.807, 2.05) is 0 Å². The fourth-order valence-electron chi connectivity index (χ4n) is 4.39. The molecule has 35 heavy (non-hydrogen) atoms. The summed E-state index contributed by atoms with van der Waals surface area (Å²) in [5.74, 6) is 0.477. The van der Waals surface area contributed by atoms with Crippen LogP contribution in [-0.4, -0.2) is 11.0 Å². The van der Waals surface area contributed by atoms with Crippen molar-refractivity contribution in [2.45, 2.75) is 167 Å². The highest BCUT2D eigenvalue weighted by molar-refractivity contribution is 6.63. The van der Waals surface area contributed by atoms with Gasteiger partial charge in [0.05, 0.1) is 0 Å². The zero-order valence-corrected chi connectivity index (χ0v) is 23.9. The summed E-state index contributed by atoms with van der Waals surface area (Å²) in [4.78, 5) is 22.7. The maximum absolute atomic E-state index is 12.1. The minimum atomic E-state index is -0.206. The van der Waals surface area contributed by atoms with E-state index in [1.165, 1.54) is 116 Å². The molecule has 0 atom stereocenters. The highest BCUT2D eigenvalue weighted by Gasteiger charge is 2.02. The molecule has 0 radical (unpaired) electrons. The van der Waals surface area contributed by atoms with Gasteiger partial charge in [0, 0.05) is 19.3 Å². The number of halogens is 1. The number of carbonyl (C=O) groups is 2. The van der Waals surface area contributed by atoms with Crippen LogP contribution in [0.25, 0.3) is 0 Å². The molecule has 0 saturated heterocycles. The summed E-state index contributed by atoms with van der Waals surface area (Å²) in [6.07, 6.45) is 38.4. The van der Waals surface area contributed by atoms with Crippen molar-refractivity contribution in [2.75, 3.05) is 0 Å². The molecule has 0 aromatic rings. The summed E-state index contributed by atoms with van der Waals surface area (Å²) in [7, 11) is 0. The quantitative estimate of drug-likeness (QED) is 0.0597. The van der Waals surface area contributed by atoms with Gasteiger partial charge in [-0.3, -0.25) is 9.59 Å². The zero-order valence-electron chi connectivity index (χ0n) is 23.2. The second-order valence-corrected chi connectivity index (χ2v) is 10.7. The van der Waals surface area contributed by atoms with Gasteiger partial charge in [0.1, 0.15) is 5.78 Å². The van der Waals surface area contributed by atoms with Gasteiger partial charge in [-0.2, -0.15) is 0 Å². The summed E-state index contributed by atoms with van der Waals surface area (Å²) >= 11 is 5.33. The van der Waals surface area contributed by atoms with Crippen molar-refractivity contribution >= 4 is 22.6 Å². The van der Waals surface area contributed by atoms with Crippen LogP contribution in [0, 0.1) is 0 Å². The van der Waals surface area contributed by atoms with E-state index in [1.54, 1.807) is 0 Å². The van der Waals surface area contributed by atoms with Crippen molar-refractivity contribution in [3.05, 3.63) is 24.3 Å². The zero-order chi connectivity index (χ0) is 25.7. The lowest BCUT2D eigenvalue weighted by atomic mass is 10.0. The second kappa shape index (κ2) is 29.3. The lowest BCUT2D eigenvalue weighted by Gasteiger charge is -2.02. The maximum atomic E-state index is 12.1. The van der Waals surface area contributed by atoms with E-state index in [9.17, 15) is 9.59 Å². The second-order valence-electron chi connectivity index (χ2n) is 10.3. The molecule has 2 nitrogen and oxygen atoms in total. The molecular formula is C32H57ClO2. The fourth-order valence-corrected chi connectivity index (χ4v) is 4.53. The lowest BCUT2D eigenvalue weighted by Crippen LogP contribution is -1.97. The largest absolute Gasteiger partial charge is 0.300 e. The van der Waals surface area contributed by atoms with Gasteiger partial charge >= 0.3 is 0 Å². The molecule has 3 heteroatoms. The molecule has 0 heterocycles. The van der Waals surface area contributed by atoms with Gasteiger partial charge in [-0.15, -0.1) is 0 Å². The summed E-state index contributed by atoms with van der Waals surface area (Å²) in [6, 6.07) is 0. The molecule has 0 aromatic carbocycles. The molecule has 0 rings (SSSR count).